The summed E-state index contributed by atoms with van der Waals surface area (Å²) in [7, 11) is -3.15. The first kappa shape index (κ1) is 27.3. The van der Waals surface area contributed by atoms with Crippen LogP contribution >= 0.6 is 0 Å². The maximum atomic E-state index is 12.3. The number of sulfone groups is 1. The third-order valence-corrected chi connectivity index (χ3v) is 10.4. The molecule has 1 aromatic heterocycles. The Labute approximate surface area is 235 Å². The predicted octanol–water partition coefficient (Wildman–Crippen LogP) is 1.99. The van der Waals surface area contributed by atoms with Gasteiger partial charge >= 0.3 is 5.76 Å². The molecule has 13 heteroatoms. The molecule has 3 N–H and O–H groups in total. The topological polar surface area (TPSA) is 148 Å². The quantitative estimate of drug-likeness (QED) is 0.424. The van der Waals surface area contributed by atoms with Gasteiger partial charge in [0.2, 0.25) is 11.8 Å². The maximum absolute atomic E-state index is 12.3. The van der Waals surface area contributed by atoms with Crippen molar-refractivity contribution in [2.24, 2.45) is 27.7 Å². The average molecular weight is 575 g/mol. The first-order chi connectivity index (χ1) is 19.1. The van der Waals surface area contributed by atoms with Crippen molar-refractivity contribution in [1.29, 1.82) is 0 Å². The zero-order valence-corrected chi connectivity index (χ0v) is 24.5. The maximum Gasteiger partial charge on any atom is 0.439 e. The molecular formula is C27H42N8O4S. The molecule has 12 nitrogen and oxygen atoms in total. The number of likely N-dealkylation sites (tertiary alicyclic amines) is 1. The summed E-state index contributed by atoms with van der Waals surface area (Å²) in [5, 5.41) is 11.0. The van der Waals surface area contributed by atoms with Crippen LogP contribution in [0.1, 0.15) is 77.5 Å². The highest BCUT2D eigenvalue weighted by Crippen LogP contribution is 2.37. The van der Waals surface area contributed by atoms with Crippen LogP contribution in [0.3, 0.4) is 0 Å². The molecule has 0 amide bonds. The van der Waals surface area contributed by atoms with Gasteiger partial charge in [0.15, 0.2) is 12.0 Å². The molecule has 0 bridgehead atoms. The van der Waals surface area contributed by atoms with Crippen molar-refractivity contribution < 1.29 is 12.9 Å². The van der Waals surface area contributed by atoms with Crippen LogP contribution in [0.15, 0.2) is 30.8 Å². The first-order valence-electron chi connectivity index (χ1n) is 14.9. The second kappa shape index (κ2) is 10.9. The van der Waals surface area contributed by atoms with Gasteiger partial charge in [-0.25, -0.2) is 23.2 Å². The van der Waals surface area contributed by atoms with E-state index in [0.29, 0.717) is 17.7 Å². The van der Waals surface area contributed by atoms with Crippen LogP contribution in [0, 0.1) is 17.8 Å². The minimum Gasteiger partial charge on any atom is -0.367 e. The summed E-state index contributed by atoms with van der Waals surface area (Å²) in [6.07, 6.45) is 10.9. The van der Waals surface area contributed by atoms with Crippen molar-refractivity contribution in [3.63, 3.8) is 0 Å². The van der Waals surface area contributed by atoms with E-state index in [2.05, 4.69) is 44.4 Å². The fourth-order valence-corrected chi connectivity index (χ4v) is 7.87. The van der Waals surface area contributed by atoms with Gasteiger partial charge in [-0.3, -0.25) is 9.51 Å². The van der Waals surface area contributed by atoms with Crippen LogP contribution < -0.4 is 16.4 Å². The summed E-state index contributed by atoms with van der Waals surface area (Å²) >= 11 is 0. The monoisotopic (exact) mass is 574 g/mol. The van der Waals surface area contributed by atoms with E-state index in [4.69, 9.17) is 14.5 Å². The number of rotatable bonds is 8. The molecule has 1 unspecified atom stereocenters. The number of guanidine groups is 1. The molecule has 2 saturated carbocycles. The SMILES string of the molecule is CC1CCC(CN2C(N3CCCC3CS(C)(=O)=O)=N[C@@H]3N=C(c4noc(=O)[nH]4)NC(N[C@H](C)C4CCC4)=C32)CC1. The number of nitrogens with zero attached hydrogens (tertiary/aromatic N) is 5. The van der Waals surface area contributed by atoms with Gasteiger partial charge in [0.1, 0.15) is 21.4 Å². The van der Waals surface area contributed by atoms with Crippen LogP contribution in [0.2, 0.25) is 0 Å². The molecule has 40 heavy (non-hydrogen) atoms. The lowest BCUT2D eigenvalue weighted by molar-refractivity contribution is 0.234. The minimum atomic E-state index is -3.15. The number of fused-ring (bicyclic) bond motifs is 1. The summed E-state index contributed by atoms with van der Waals surface area (Å²) in [5.74, 6) is 3.59. The zero-order chi connectivity index (χ0) is 28.0. The van der Waals surface area contributed by atoms with Gasteiger partial charge in [-0.05, 0) is 63.2 Å². The molecule has 0 radical (unpaired) electrons. The second-order valence-corrected chi connectivity index (χ2v) is 14.7. The van der Waals surface area contributed by atoms with E-state index < -0.39 is 21.8 Å². The molecule has 1 saturated heterocycles. The summed E-state index contributed by atoms with van der Waals surface area (Å²) in [5.41, 5.74) is 0.958. The highest BCUT2D eigenvalue weighted by Gasteiger charge is 2.44. The summed E-state index contributed by atoms with van der Waals surface area (Å²) in [6.45, 7) is 6.12. The van der Waals surface area contributed by atoms with Gasteiger partial charge in [-0.2, -0.15) is 0 Å². The zero-order valence-electron chi connectivity index (χ0n) is 23.7. The van der Waals surface area contributed by atoms with Crippen LogP contribution in [0.5, 0.6) is 0 Å². The fourth-order valence-electron chi connectivity index (χ4n) is 6.83. The Balaban J connectivity index is 1.38. The number of aromatic amines is 1. The molecule has 4 heterocycles. The molecule has 6 rings (SSSR count). The highest BCUT2D eigenvalue weighted by molar-refractivity contribution is 7.90. The van der Waals surface area contributed by atoms with Crippen molar-refractivity contribution >= 4 is 21.6 Å². The second-order valence-electron chi connectivity index (χ2n) is 12.6. The Bertz CT molecular complexity index is 1350. The molecule has 220 valence electrons. The number of aromatic nitrogens is 2. The van der Waals surface area contributed by atoms with Gasteiger partial charge in [-0.1, -0.05) is 31.3 Å². The van der Waals surface area contributed by atoms with Gasteiger partial charge in [0.25, 0.3) is 0 Å². The molecule has 0 spiro atoms. The van der Waals surface area contributed by atoms with E-state index in [1.165, 1.54) is 51.2 Å². The Morgan fingerprint density at radius 2 is 1.88 bits per heavy atom. The standard InChI is InChI=1S/C27H42N8O4S/c1-16-9-11-18(12-10-16)14-35-21-22(28-17(2)19-6-4-7-19)29-24(25-32-27(36)39-33-25)30-23(21)31-26(35)34-13-5-8-20(34)15-40(3,37)38/h16-20,23,28H,4-15H2,1-3H3,(H,29,30)(H,32,33,36)/t16?,17-,18?,20?,23+/m1/s1. The lowest BCUT2D eigenvalue weighted by atomic mass is 9.80. The van der Waals surface area contributed by atoms with E-state index in [0.717, 1.165) is 49.3 Å². The Morgan fingerprint density at radius 3 is 2.52 bits per heavy atom. The fraction of sp³-hybridized carbons (Fsp3) is 0.778. The molecule has 3 aliphatic heterocycles. The van der Waals surface area contributed by atoms with Crippen molar-refractivity contribution in [3.05, 3.63) is 27.9 Å². The number of nitrogens with one attached hydrogen (secondary N) is 3. The number of amidine groups is 1. The van der Waals surface area contributed by atoms with E-state index >= 15 is 0 Å². The molecule has 1 aromatic rings. The third kappa shape index (κ3) is 5.66. The van der Waals surface area contributed by atoms with Crippen LogP contribution in [0.25, 0.3) is 0 Å². The summed E-state index contributed by atoms with van der Waals surface area (Å²) < 4.78 is 29.4. The van der Waals surface area contributed by atoms with E-state index in [-0.39, 0.29) is 23.7 Å². The van der Waals surface area contributed by atoms with Crippen molar-refractivity contribution in [2.75, 3.05) is 25.1 Å². The first-order valence-corrected chi connectivity index (χ1v) is 16.9. The van der Waals surface area contributed by atoms with Crippen molar-refractivity contribution in [3.8, 4) is 0 Å². The molecule has 0 aromatic carbocycles. The van der Waals surface area contributed by atoms with Crippen molar-refractivity contribution in [2.45, 2.75) is 89.9 Å². The molecule has 2 aliphatic carbocycles. The largest absolute Gasteiger partial charge is 0.439 e. The number of hydrogen-bond donors (Lipinski definition) is 3. The summed E-state index contributed by atoms with van der Waals surface area (Å²) in [4.78, 5) is 28.9. The number of hydrogen-bond acceptors (Lipinski definition) is 11. The van der Waals surface area contributed by atoms with E-state index in [9.17, 15) is 13.2 Å². The summed E-state index contributed by atoms with van der Waals surface area (Å²) in [6, 6.07) is 0.128. The third-order valence-electron chi connectivity index (χ3n) is 9.36. The average Bonchev–Trinajstić information content (AvgIpc) is 3.57. The normalized spacial score (nSPS) is 30.0. The molecule has 5 aliphatic rings. The lowest BCUT2D eigenvalue weighted by Crippen LogP contribution is -2.51. The Kier molecular flexibility index (Phi) is 7.43. The van der Waals surface area contributed by atoms with Gasteiger partial charge in [0, 0.05) is 31.4 Å². The van der Waals surface area contributed by atoms with E-state index in [1.54, 1.807) is 0 Å². The molecular weight excluding hydrogens is 532 g/mol. The van der Waals surface area contributed by atoms with Gasteiger partial charge in [-0.15, -0.1) is 0 Å². The van der Waals surface area contributed by atoms with Gasteiger partial charge < -0.3 is 20.4 Å². The van der Waals surface area contributed by atoms with Crippen LogP contribution in [-0.2, 0) is 9.84 Å². The van der Waals surface area contributed by atoms with Crippen molar-refractivity contribution in [1.82, 2.24) is 30.6 Å². The van der Waals surface area contributed by atoms with Crippen LogP contribution in [-0.4, -0.2) is 83.5 Å². The Morgan fingerprint density at radius 1 is 1.10 bits per heavy atom. The Hall–Kier alpha value is -2.83. The minimum absolute atomic E-state index is 0.112. The number of H-pyrrole nitrogens is 1. The molecule has 3 fully saturated rings. The highest BCUT2D eigenvalue weighted by atomic mass is 32.2. The number of aliphatic imine (C=N–C) groups is 2. The van der Waals surface area contributed by atoms with Crippen LogP contribution in [0.4, 0.5) is 0 Å². The lowest BCUT2D eigenvalue weighted by Gasteiger charge is -2.39. The van der Waals surface area contributed by atoms with Gasteiger partial charge in [0.05, 0.1) is 5.75 Å². The predicted molar refractivity (Wildman–Crippen MR) is 152 cm³/mol. The van der Waals surface area contributed by atoms with E-state index in [1.807, 2.05) is 0 Å². The smallest absolute Gasteiger partial charge is 0.367 e. The molecule has 3 atom stereocenters.